The third kappa shape index (κ3) is 3.31. The third-order valence-electron chi connectivity index (χ3n) is 3.03. The van der Waals surface area contributed by atoms with Crippen LogP contribution in [0.2, 0.25) is 0 Å². The first-order valence-electron chi connectivity index (χ1n) is 6.12. The fraction of sp³-hybridized carbons (Fsp3) is 0.538. The lowest BCUT2D eigenvalue weighted by atomic mass is 10.2. The Morgan fingerprint density at radius 2 is 2.22 bits per heavy atom. The summed E-state index contributed by atoms with van der Waals surface area (Å²) < 4.78 is 31.5. The molecule has 1 unspecified atom stereocenters. The summed E-state index contributed by atoms with van der Waals surface area (Å²) in [6.07, 6.45) is -0.0222. The van der Waals surface area contributed by atoms with Crippen molar-refractivity contribution in [1.82, 2.24) is 4.31 Å². The number of sulfonamides is 1. The smallest absolute Gasteiger partial charge is 0.218 e. The molecular formula is C13H19NO3S. The molecule has 0 aromatic heterocycles. The number of rotatable bonds is 3. The third-order valence-corrected chi connectivity index (χ3v) is 4.85. The van der Waals surface area contributed by atoms with E-state index < -0.39 is 10.0 Å². The second kappa shape index (κ2) is 5.38. The number of ether oxygens (including phenoxy) is 1. The van der Waals surface area contributed by atoms with E-state index in [-0.39, 0.29) is 11.9 Å². The topological polar surface area (TPSA) is 46.6 Å². The zero-order valence-corrected chi connectivity index (χ0v) is 11.6. The van der Waals surface area contributed by atoms with Gasteiger partial charge in [-0.25, -0.2) is 8.42 Å². The number of hydrogen-bond acceptors (Lipinski definition) is 3. The summed E-state index contributed by atoms with van der Waals surface area (Å²) in [5.41, 5.74) is 1.92. The Balaban J connectivity index is 2.11. The summed E-state index contributed by atoms with van der Waals surface area (Å²) in [4.78, 5) is 0. The van der Waals surface area contributed by atoms with Crippen molar-refractivity contribution < 1.29 is 13.2 Å². The van der Waals surface area contributed by atoms with Crippen molar-refractivity contribution in [3.8, 4) is 0 Å². The largest absolute Gasteiger partial charge is 0.376 e. The van der Waals surface area contributed by atoms with Gasteiger partial charge < -0.3 is 4.74 Å². The summed E-state index contributed by atoms with van der Waals surface area (Å²) in [7, 11) is -3.23. The first-order chi connectivity index (χ1) is 8.47. The van der Waals surface area contributed by atoms with Crippen molar-refractivity contribution in [2.75, 3.05) is 19.7 Å². The van der Waals surface area contributed by atoms with Crippen LogP contribution in [0.4, 0.5) is 0 Å². The molecule has 100 valence electrons. The highest BCUT2D eigenvalue weighted by Crippen LogP contribution is 2.15. The summed E-state index contributed by atoms with van der Waals surface area (Å²) in [5, 5.41) is 0. The summed E-state index contributed by atoms with van der Waals surface area (Å²) in [6.45, 7) is 5.25. The molecule has 0 bridgehead atoms. The molecule has 0 amide bonds. The standard InChI is InChI=1S/C13H19NO3S/c1-11-4-3-5-13(8-11)10-18(15,16)14-6-7-17-12(2)9-14/h3-5,8,12H,6-7,9-10H2,1-2H3. The Hall–Kier alpha value is -0.910. The molecule has 1 saturated heterocycles. The lowest BCUT2D eigenvalue weighted by molar-refractivity contribution is 0.0101. The molecule has 0 aliphatic carbocycles. The Morgan fingerprint density at radius 1 is 1.44 bits per heavy atom. The van der Waals surface area contributed by atoms with E-state index in [9.17, 15) is 8.42 Å². The van der Waals surface area contributed by atoms with E-state index in [1.165, 1.54) is 4.31 Å². The maximum absolute atomic E-state index is 12.3. The van der Waals surface area contributed by atoms with Crippen molar-refractivity contribution in [3.05, 3.63) is 35.4 Å². The highest BCUT2D eigenvalue weighted by Gasteiger charge is 2.27. The Kier molecular flexibility index (Phi) is 4.04. The van der Waals surface area contributed by atoms with Gasteiger partial charge in [-0.1, -0.05) is 29.8 Å². The Morgan fingerprint density at radius 3 is 2.89 bits per heavy atom. The minimum atomic E-state index is -3.23. The Labute approximate surface area is 109 Å². The molecule has 1 atom stereocenters. The molecule has 1 fully saturated rings. The van der Waals surface area contributed by atoms with Gasteiger partial charge in [0.25, 0.3) is 0 Å². The fourth-order valence-electron chi connectivity index (χ4n) is 2.14. The Bertz CT molecular complexity index is 513. The van der Waals surface area contributed by atoms with E-state index in [0.717, 1.165) is 11.1 Å². The van der Waals surface area contributed by atoms with Crippen molar-refractivity contribution in [2.45, 2.75) is 25.7 Å². The molecule has 1 aliphatic heterocycles. The average Bonchev–Trinajstić information content (AvgIpc) is 2.28. The lowest BCUT2D eigenvalue weighted by Crippen LogP contribution is -2.44. The maximum atomic E-state index is 12.3. The molecule has 5 heteroatoms. The first-order valence-corrected chi connectivity index (χ1v) is 7.73. The van der Waals surface area contributed by atoms with Crippen LogP contribution in [0.25, 0.3) is 0 Å². The van der Waals surface area contributed by atoms with Crippen LogP contribution in [-0.4, -0.2) is 38.5 Å². The molecule has 1 aromatic rings. The first kappa shape index (κ1) is 13.5. The number of aryl methyl sites for hydroxylation is 1. The number of morpholine rings is 1. The average molecular weight is 269 g/mol. The van der Waals surface area contributed by atoms with E-state index in [4.69, 9.17) is 4.74 Å². The molecule has 1 aromatic carbocycles. The molecule has 1 aliphatic rings. The van der Waals surface area contributed by atoms with Crippen LogP contribution in [0.5, 0.6) is 0 Å². The second-order valence-electron chi connectivity index (χ2n) is 4.78. The van der Waals surface area contributed by atoms with Gasteiger partial charge in [0, 0.05) is 13.1 Å². The zero-order chi connectivity index (χ0) is 13.2. The van der Waals surface area contributed by atoms with Gasteiger partial charge in [0.15, 0.2) is 0 Å². The second-order valence-corrected chi connectivity index (χ2v) is 6.75. The lowest BCUT2D eigenvalue weighted by Gasteiger charge is -2.30. The van der Waals surface area contributed by atoms with Crippen LogP contribution in [-0.2, 0) is 20.5 Å². The van der Waals surface area contributed by atoms with E-state index in [0.29, 0.717) is 19.7 Å². The molecule has 0 N–H and O–H groups in total. The van der Waals surface area contributed by atoms with Gasteiger partial charge in [0.2, 0.25) is 10.0 Å². The van der Waals surface area contributed by atoms with Crippen LogP contribution >= 0.6 is 0 Å². The van der Waals surface area contributed by atoms with Gasteiger partial charge in [-0.2, -0.15) is 4.31 Å². The molecular weight excluding hydrogens is 250 g/mol. The molecule has 18 heavy (non-hydrogen) atoms. The molecule has 2 rings (SSSR count). The van der Waals surface area contributed by atoms with Gasteiger partial charge in [-0.15, -0.1) is 0 Å². The monoisotopic (exact) mass is 269 g/mol. The normalized spacial score (nSPS) is 22.0. The van der Waals surface area contributed by atoms with E-state index in [2.05, 4.69) is 0 Å². The van der Waals surface area contributed by atoms with Gasteiger partial charge in [-0.3, -0.25) is 0 Å². The van der Waals surface area contributed by atoms with Crippen molar-refractivity contribution in [1.29, 1.82) is 0 Å². The van der Waals surface area contributed by atoms with Crippen LogP contribution < -0.4 is 0 Å². The highest BCUT2D eigenvalue weighted by atomic mass is 32.2. The predicted molar refractivity (Wildman–Crippen MR) is 70.8 cm³/mol. The molecule has 0 saturated carbocycles. The summed E-state index contributed by atoms with van der Waals surface area (Å²) in [6, 6.07) is 7.63. The number of benzene rings is 1. The van der Waals surface area contributed by atoms with E-state index in [1.54, 1.807) is 0 Å². The van der Waals surface area contributed by atoms with Gasteiger partial charge in [0.05, 0.1) is 18.5 Å². The van der Waals surface area contributed by atoms with Crippen molar-refractivity contribution >= 4 is 10.0 Å². The van der Waals surface area contributed by atoms with E-state index in [1.807, 2.05) is 38.1 Å². The minimum Gasteiger partial charge on any atom is -0.376 e. The fourth-order valence-corrected chi connectivity index (χ4v) is 3.72. The molecule has 4 nitrogen and oxygen atoms in total. The maximum Gasteiger partial charge on any atom is 0.218 e. The summed E-state index contributed by atoms with van der Waals surface area (Å²) in [5.74, 6) is 0.0708. The number of hydrogen-bond donors (Lipinski definition) is 0. The van der Waals surface area contributed by atoms with Crippen molar-refractivity contribution in [3.63, 3.8) is 0 Å². The number of nitrogens with zero attached hydrogens (tertiary/aromatic N) is 1. The van der Waals surface area contributed by atoms with Gasteiger partial charge in [-0.05, 0) is 19.4 Å². The predicted octanol–water partition coefficient (Wildman–Crippen LogP) is 1.55. The zero-order valence-electron chi connectivity index (χ0n) is 10.8. The minimum absolute atomic E-state index is 0.0222. The van der Waals surface area contributed by atoms with Gasteiger partial charge >= 0.3 is 0 Å². The van der Waals surface area contributed by atoms with Crippen LogP contribution in [0.1, 0.15) is 18.1 Å². The quantitative estimate of drug-likeness (QED) is 0.836. The van der Waals surface area contributed by atoms with Crippen molar-refractivity contribution in [2.24, 2.45) is 0 Å². The molecule has 0 spiro atoms. The molecule has 0 radical (unpaired) electrons. The van der Waals surface area contributed by atoms with E-state index >= 15 is 0 Å². The van der Waals surface area contributed by atoms with Crippen LogP contribution in [0.15, 0.2) is 24.3 Å². The summed E-state index contributed by atoms with van der Waals surface area (Å²) >= 11 is 0. The van der Waals surface area contributed by atoms with Gasteiger partial charge in [0.1, 0.15) is 0 Å². The molecule has 1 heterocycles. The highest BCUT2D eigenvalue weighted by molar-refractivity contribution is 7.88. The van der Waals surface area contributed by atoms with Crippen LogP contribution in [0.3, 0.4) is 0 Å². The SMILES string of the molecule is Cc1cccc(CS(=O)(=O)N2CCOC(C)C2)c1. The van der Waals surface area contributed by atoms with Crippen LogP contribution in [0, 0.1) is 6.92 Å².